The first-order chi connectivity index (χ1) is 23.0. The van der Waals surface area contributed by atoms with Gasteiger partial charge in [0.15, 0.2) is 0 Å². The van der Waals surface area contributed by atoms with Gasteiger partial charge in [0.05, 0.1) is 116 Å². The van der Waals surface area contributed by atoms with Gasteiger partial charge in [-0.15, -0.1) is 0 Å². The molecule has 0 aromatic heterocycles. The zero-order valence-corrected chi connectivity index (χ0v) is 26.1. The van der Waals surface area contributed by atoms with E-state index in [9.17, 15) is 75.7 Å². The average molecular weight is 697 g/mol. The summed E-state index contributed by atoms with van der Waals surface area (Å²) in [6.45, 7) is -9.27. The number of nitrogens with zero attached hydrogens (tertiary/aromatic N) is 3. The first-order valence-electron chi connectivity index (χ1n) is 14.8. The van der Waals surface area contributed by atoms with Gasteiger partial charge in [0.2, 0.25) is 0 Å². The highest BCUT2D eigenvalue weighted by molar-refractivity contribution is 5.97. The van der Waals surface area contributed by atoms with Crippen LogP contribution in [0.25, 0.3) is 0 Å². The molecule has 6 amide bonds. The standard InChI is InChI=1S/C27H48N6O15/c34-4-19(5-35)31(20(6-36)7-37)25(46)28-16-1-17(29-26(47)32(21(8-38)9-39)22(10-40)11-41)3-18(2-16)30-27(48)33(23(12-42)13-43)24(14-44)15-45/h1-3,19-24,34-45H,4-15H2,(H,28,46)(H,29,47)(H,30,48). The minimum atomic E-state index is -1.29. The van der Waals surface area contributed by atoms with E-state index in [1.54, 1.807) is 0 Å². The van der Waals surface area contributed by atoms with Crippen LogP contribution in [0.5, 0.6) is 0 Å². The lowest BCUT2D eigenvalue weighted by Crippen LogP contribution is -2.55. The Morgan fingerprint density at radius 1 is 0.375 bits per heavy atom. The SMILES string of the molecule is O=C(Nc1cc(NC(=O)N(C(CO)CO)C(CO)CO)cc(NC(=O)N(C(CO)CO)C(CO)CO)c1)N(C(CO)CO)C(CO)CO. The molecule has 1 aromatic carbocycles. The molecule has 15 N–H and O–H groups in total. The summed E-state index contributed by atoms with van der Waals surface area (Å²) in [5.74, 6) is 0. The number of urea groups is 3. The lowest BCUT2D eigenvalue weighted by atomic mass is 10.2. The molecule has 0 saturated heterocycles. The molecule has 0 fully saturated rings. The fourth-order valence-corrected chi connectivity index (χ4v) is 4.70. The van der Waals surface area contributed by atoms with E-state index in [0.29, 0.717) is 0 Å². The second-order valence-electron chi connectivity index (χ2n) is 10.4. The molecule has 21 heteroatoms. The molecule has 0 radical (unpaired) electrons. The van der Waals surface area contributed by atoms with Crippen LogP contribution in [0, 0.1) is 0 Å². The van der Waals surface area contributed by atoms with Gasteiger partial charge in [-0.3, -0.25) is 0 Å². The molecule has 0 aliphatic carbocycles. The van der Waals surface area contributed by atoms with E-state index in [1.165, 1.54) is 0 Å². The Morgan fingerprint density at radius 2 is 0.521 bits per heavy atom. The van der Waals surface area contributed by atoms with Crippen molar-refractivity contribution in [3.05, 3.63) is 18.2 Å². The molecule has 0 atom stereocenters. The number of hydrogen-bond donors (Lipinski definition) is 15. The normalized spacial score (nSPS) is 11.6. The maximum absolute atomic E-state index is 13.3. The summed E-state index contributed by atoms with van der Waals surface area (Å²) in [4.78, 5) is 42.3. The Kier molecular flexibility index (Phi) is 19.7. The van der Waals surface area contributed by atoms with Crippen LogP contribution in [-0.2, 0) is 0 Å². The van der Waals surface area contributed by atoms with Crippen molar-refractivity contribution >= 4 is 35.2 Å². The number of anilines is 3. The first-order valence-corrected chi connectivity index (χ1v) is 14.8. The highest BCUT2D eigenvalue weighted by Crippen LogP contribution is 2.26. The Bertz CT molecular complexity index is 916. The molecule has 48 heavy (non-hydrogen) atoms. The Morgan fingerprint density at radius 3 is 0.646 bits per heavy atom. The zero-order valence-electron chi connectivity index (χ0n) is 26.1. The summed E-state index contributed by atoms with van der Waals surface area (Å²) in [7, 11) is 0. The van der Waals surface area contributed by atoms with Crippen LogP contribution >= 0.6 is 0 Å². The van der Waals surface area contributed by atoms with Crippen molar-refractivity contribution in [1.82, 2.24) is 14.7 Å². The molecular weight excluding hydrogens is 648 g/mol. The van der Waals surface area contributed by atoms with Gasteiger partial charge in [-0.25, -0.2) is 14.4 Å². The number of benzene rings is 1. The molecule has 0 bridgehead atoms. The zero-order chi connectivity index (χ0) is 36.4. The molecular formula is C27H48N6O15. The van der Waals surface area contributed by atoms with E-state index in [2.05, 4.69) is 16.0 Å². The van der Waals surface area contributed by atoms with Crippen molar-refractivity contribution in [1.29, 1.82) is 0 Å². The first kappa shape index (κ1) is 42.6. The second kappa shape index (κ2) is 22.2. The minimum absolute atomic E-state index is 0.191. The van der Waals surface area contributed by atoms with Crippen LogP contribution in [-0.4, -0.2) is 210 Å². The van der Waals surface area contributed by atoms with E-state index in [1.807, 2.05) is 0 Å². The highest BCUT2D eigenvalue weighted by Gasteiger charge is 2.33. The number of carbonyl (C=O) groups is 3. The Balaban J connectivity index is 3.74. The molecule has 0 aliphatic rings. The number of aliphatic hydroxyl groups excluding tert-OH is 12. The highest BCUT2D eigenvalue weighted by atomic mass is 16.3. The van der Waals surface area contributed by atoms with E-state index in [0.717, 1.165) is 32.9 Å². The van der Waals surface area contributed by atoms with E-state index in [4.69, 9.17) is 0 Å². The summed E-state index contributed by atoms with van der Waals surface area (Å²) < 4.78 is 0. The van der Waals surface area contributed by atoms with Crippen LogP contribution in [0.1, 0.15) is 0 Å². The molecule has 0 heterocycles. The van der Waals surface area contributed by atoms with Crippen molar-refractivity contribution in [3.8, 4) is 0 Å². The number of rotatable bonds is 21. The molecule has 0 spiro atoms. The second-order valence-corrected chi connectivity index (χ2v) is 10.4. The fourth-order valence-electron chi connectivity index (χ4n) is 4.70. The quantitative estimate of drug-likeness (QED) is 0.0569. The molecule has 276 valence electrons. The lowest BCUT2D eigenvalue weighted by molar-refractivity contribution is 0.0306. The monoisotopic (exact) mass is 696 g/mol. The molecule has 0 aliphatic heterocycles. The largest absolute Gasteiger partial charge is 0.394 e. The number of nitrogens with one attached hydrogen (secondary N) is 3. The van der Waals surface area contributed by atoms with Crippen molar-refractivity contribution in [3.63, 3.8) is 0 Å². The Hall–Kier alpha value is -3.45. The third-order valence-corrected chi connectivity index (χ3v) is 7.28. The van der Waals surface area contributed by atoms with Crippen LogP contribution in [0.4, 0.5) is 31.4 Å². The molecule has 0 saturated carbocycles. The van der Waals surface area contributed by atoms with Crippen LogP contribution in [0.2, 0.25) is 0 Å². The maximum atomic E-state index is 13.3. The van der Waals surface area contributed by atoms with E-state index in [-0.39, 0.29) is 17.1 Å². The average Bonchev–Trinajstić information content (AvgIpc) is 3.08. The predicted molar refractivity (Wildman–Crippen MR) is 167 cm³/mol. The van der Waals surface area contributed by atoms with Gasteiger partial charge in [0, 0.05) is 17.1 Å². The van der Waals surface area contributed by atoms with Crippen LogP contribution in [0.3, 0.4) is 0 Å². The van der Waals surface area contributed by atoms with Gasteiger partial charge in [0.25, 0.3) is 0 Å². The number of aliphatic hydroxyl groups is 12. The summed E-state index contributed by atoms with van der Waals surface area (Å²) in [6, 6.07) is -7.49. The number of hydrogen-bond acceptors (Lipinski definition) is 15. The van der Waals surface area contributed by atoms with Crippen LogP contribution < -0.4 is 16.0 Å². The predicted octanol–water partition coefficient (Wildman–Crippen LogP) is -5.69. The third kappa shape index (κ3) is 11.3. The Labute approximate surface area is 275 Å². The number of amides is 6. The van der Waals surface area contributed by atoms with Crippen molar-refractivity contribution < 1.29 is 75.7 Å². The fraction of sp³-hybridized carbons (Fsp3) is 0.667. The van der Waals surface area contributed by atoms with Gasteiger partial charge in [-0.1, -0.05) is 0 Å². The van der Waals surface area contributed by atoms with Crippen molar-refractivity contribution in [2.24, 2.45) is 0 Å². The van der Waals surface area contributed by atoms with E-state index >= 15 is 0 Å². The molecule has 1 aromatic rings. The summed E-state index contributed by atoms with van der Waals surface area (Å²) in [5, 5.41) is 124. The topological polar surface area (TPSA) is 340 Å². The molecule has 0 unspecified atom stereocenters. The molecule has 21 nitrogen and oxygen atoms in total. The van der Waals surface area contributed by atoms with Gasteiger partial charge in [-0.2, -0.15) is 0 Å². The third-order valence-electron chi connectivity index (χ3n) is 7.28. The van der Waals surface area contributed by atoms with Gasteiger partial charge in [-0.05, 0) is 18.2 Å². The maximum Gasteiger partial charge on any atom is 0.322 e. The number of carbonyl (C=O) groups excluding carboxylic acids is 3. The van der Waals surface area contributed by atoms with Gasteiger partial charge in [0.1, 0.15) is 0 Å². The van der Waals surface area contributed by atoms with Crippen molar-refractivity contribution in [2.75, 3.05) is 95.2 Å². The van der Waals surface area contributed by atoms with Gasteiger partial charge < -0.3 is 91.9 Å². The minimum Gasteiger partial charge on any atom is -0.394 e. The summed E-state index contributed by atoms with van der Waals surface area (Å²) in [6.07, 6.45) is 0. The summed E-state index contributed by atoms with van der Waals surface area (Å²) >= 11 is 0. The molecule has 1 rings (SSSR count). The van der Waals surface area contributed by atoms with Crippen molar-refractivity contribution in [2.45, 2.75) is 36.3 Å². The smallest absolute Gasteiger partial charge is 0.322 e. The summed E-state index contributed by atoms with van der Waals surface area (Å²) in [5.41, 5.74) is -0.572. The van der Waals surface area contributed by atoms with Crippen LogP contribution in [0.15, 0.2) is 18.2 Å². The van der Waals surface area contributed by atoms with E-state index < -0.39 is 134 Å². The van der Waals surface area contributed by atoms with Gasteiger partial charge >= 0.3 is 18.1 Å². The lowest BCUT2D eigenvalue weighted by Gasteiger charge is -2.35.